The van der Waals surface area contributed by atoms with Crippen molar-refractivity contribution in [2.45, 2.75) is 12.7 Å². The predicted octanol–water partition coefficient (Wildman–Crippen LogP) is 1.55. The molecule has 0 aliphatic rings. The van der Waals surface area contributed by atoms with Crippen LogP contribution in [0.2, 0.25) is 0 Å². The topological polar surface area (TPSA) is 58.9 Å². The van der Waals surface area contributed by atoms with Gasteiger partial charge in [-0.15, -0.1) is 4.91 Å². The molecule has 0 saturated heterocycles. The molecule has 1 aromatic rings. The molecule has 0 heterocycles. The average Bonchev–Trinajstić information content (AvgIpc) is 2.06. The van der Waals surface area contributed by atoms with Crippen LogP contribution in [0, 0.1) is 4.91 Å². The van der Waals surface area contributed by atoms with Gasteiger partial charge in [-0.1, -0.05) is 30.3 Å². The van der Waals surface area contributed by atoms with Crippen molar-refractivity contribution in [3.63, 3.8) is 0 Å². The van der Waals surface area contributed by atoms with Crippen molar-refractivity contribution in [1.82, 2.24) is 0 Å². The van der Waals surface area contributed by atoms with Crippen molar-refractivity contribution < 1.29 is 9.94 Å². The fraction of sp³-hybridized carbons (Fsp3) is 0.250. The molecule has 0 aromatic heterocycles. The second kappa shape index (κ2) is 3.32. The smallest absolute Gasteiger partial charge is 0.261 e. The molecule has 64 valence electrons. The van der Waals surface area contributed by atoms with E-state index in [1.54, 1.807) is 30.3 Å². The first-order chi connectivity index (χ1) is 5.67. The third-order valence-electron chi connectivity index (χ3n) is 1.52. The molecule has 0 aliphatic heterocycles. The monoisotopic (exact) mass is 167 g/mol. The molecule has 0 fully saturated rings. The molecule has 1 unspecified atom stereocenters. The third kappa shape index (κ3) is 1.79. The van der Waals surface area contributed by atoms with Crippen LogP contribution in [0.25, 0.3) is 0 Å². The lowest BCUT2D eigenvalue weighted by Crippen LogP contribution is -2.22. The lowest BCUT2D eigenvalue weighted by Gasteiger charge is -2.18. The van der Waals surface area contributed by atoms with Crippen molar-refractivity contribution in [3.8, 4) is 0 Å². The van der Waals surface area contributed by atoms with Crippen molar-refractivity contribution in [2.24, 2.45) is 5.34 Å². The maximum absolute atomic E-state index is 9.76. The minimum Gasteiger partial charge on any atom is -0.351 e. The van der Waals surface area contributed by atoms with Gasteiger partial charge in [0.1, 0.15) is 0 Å². The van der Waals surface area contributed by atoms with Gasteiger partial charge in [0.25, 0.3) is 5.79 Å². The van der Waals surface area contributed by atoms with Gasteiger partial charge in [-0.3, -0.25) is 0 Å². The zero-order valence-corrected chi connectivity index (χ0v) is 6.60. The Kier molecular flexibility index (Phi) is 2.40. The lowest BCUT2D eigenvalue weighted by molar-refractivity contribution is -0.200. The third-order valence-corrected chi connectivity index (χ3v) is 1.52. The molecule has 12 heavy (non-hydrogen) atoms. The summed E-state index contributed by atoms with van der Waals surface area (Å²) in [6.45, 7) is 1.35. The van der Waals surface area contributed by atoms with Gasteiger partial charge in [-0.2, -0.15) is 0 Å². The van der Waals surface area contributed by atoms with Gasteiger partial charge in [0.15, 0.2) is 5.34 Å². The van der Waals surface area contributed by atoms with Crippen LogP contribution >= 0.6 is 0 Å². The number of hydrogen-bond acceptors (Lipinski definition) is 4. The molecule has 1 atom stereocenters. The van der Waals surface area contributed by atoms with E-state index >= 15 is 0 Å². The van der Waals surface area contributed by atoms with Crippen molar-refractivity contribution in [3.05, 3.63) is 40.8 Å². The van der Waals surface area contributed by atoms with Gasteiger partial charge in [0, 0.05) is 12.5 Å². The average molecular weight is 167 g/mol. The first-order valence-electron chi connectivity index (χ1n) is 3.45. The Bertz CT molecular complexity index is 258. The quantitative estimate of drug-likeness (QED) is 0.422. The Morgan fingerprint density at radius 2 is 2.00 bits per heavy atom. The maximum Gasteiger partial charge on any atom is 0.261 e. The highest BCUT2D eigenvalue weighted by Gasteiger charge is 2.25. The van der Waals surface area contributed by atoms with E-state index in [4.69, 9.17) is 0 Å². The van der Waals surface area contributed by atoms with E-state index in [0.29, 0.717) is 5.56 Å². The van der Waals surface area contributed by atoms with Crippen LogP contribution in [0.5, 0.6) is 0 Å². The van der Waals surface area contributed by atoms with E-state index in [9.17, 15) is 10.0 Å². The zero-order chi connectivity index (χ0) is 9.03. The number of aliphatic hydroxyl groups is 1. The van der Waals surface area contributed by atoms with E-state index < -0.39 is 5.79 Å². The summed E-state index contributed by atoms with van der Waals surface area (Å²) in [5.41, 5.74) is 0.490. The maximum atomic E-state index is 9.76. The highest BCUT2D eigenvalue weighted by atomic mass is 16.8. The van der Waals surface area contributed by atoms with Crippen molar-refractivity contribution in [1.29, 1.82) is 0 Å². The van der Waals surface area contributed by atoms with E-state index in [1.807, 2.05) is 0 Å². The highest BCUT2D eigenvalue weighted by molar-refractivity contribution is 5.18. The minimum atomic E-state index is -1.64. The Hall–Kier alpha value is -1.42. The molecule has 4 heteroatoms. The zero-order valence-electron chi connectivity index (χ0n) is 6.60. The second-order valence-corrected chi connectivity index (χ2v) is 2.51. The van der Waals surface area contributed by atoms with E-state index in [2.05, 4.69) is 10.2 Å². The summed E-state index contributed by atoms with van der Waals surface area (Å²) in [6, 6.07) is 8.56. The van der Waals surface area contributed by atoms with Crippen molar-refractivity contribution >= 4 is 0 Å². The Balaban J connectivity index is 2.89. The SMILES string of the molecule is CC(O)(ON=O)c1ccccc1. The van der Waals surface area contributed by atoms with Gasteiger partial charge in [0.2, 0.25) is 0 Å². The molecule has 0 radical (unpaired) electrons. The highest BCUT2D eigenvalue weighted by Crippen LogP contribution is 2.21. The summed E-state index contributed by atoms with van der Waals surface area (Å²) in [5, 5.41) is 11.7. The molecule has 4 nitrogen and oxygen atoms in total. The fourth-order valence-electron chi connectivity index (χ4n) is 0.873. The van der Waals surface area contributed by atoms with E-state index in [0.717, 1.165) is 0 Å². The molecular weight excluding hydrogens is 158 g/mol. The largest absolute Gasteiger partial charge is 0.351 e. The summed E-state index contributed by atoms with van der Waals surface area (Å²) < 4.78 is 0. The summed E-state index contributed by atoms with van der Waals surface area (Å²) in [5.74, 6) is -1.64. The summed E-state index contributed by atoms with van der Waals surface area (Å²) in [7, 11) is 0. The van der Waals surface area contributed by atoms with Crippen LogP contribution < -0.4 is 0 Å². The van der Waals surface area contributed by atoms with Gasteiger partial charge >= 0.3 is 0 Å². The Morgan fingerprint density at radius 3 is 2.50 bits per heavy atom. The van der Waals surface area contributed by atoms with Crippen molar-refractivity contribution in [2.75, 3.05) is 0 Å². The number of hydrogen-bond donors (Lipinski definition) is 1. The molecule has 0 aliphatic carbocycles. The lowest BCUT2D eigenvalue weighted by atomic mass is 10.1. The Labute approximate surface area is 69.7 Å². The molecule has 0 spiro atoms. The molecule has 1 rings (SSSR count). The predicted molar refractivity (Wildman–Crippen MR) is 42.9 cm³/mol. The second-order valence-electron chi connectivity index (χ2n) is 2.51. The van der Waals surface area contributed by atoms with Crippen LogP contribution in [0.3, 0.4) is 0 Å². The van der Waals surface area contributed by atoms with E-state index in [1.165, 1.54) is 6.92 Å². The van der Waals surface area contributed by atoms with Crippen LogP contribution in [0.1, 0.15) is 12.5 Å². The van der Waals surface area contributed by atoms with Gasteiger partial charge in [-0.25, -0.2) is 0 Å². The first kappa shape index (κ1) is 8.67. The number of nitrogens with zero attached hydrogens (tertiary/aromatic N) is 1. The number of benzene rings is 1. The molecule has 1 N–H and O–H groups in total. The standard InChI is InChI=1S/C8H9NO3/c1-8(10,12-9-11)7-5-3-2-4-6-7/h2-6,10H,1H3. The van der Waals surface area contributed by atoms with Gasteiger partial charge in [-0.05, 0) is 0 Å². The fourth-order valence-corrected chi connectivity index (χ4v) is 0.873. The normalized spacial score (nSPS) is 14.8. The van der Waals surface area contributed by atoms with Crippen LogP contribution in [0.4, 0.5) is 0 Å². The van der Waals surface area contributed by atoms with E-state index in [-0.39, 0.29) is 0 Å². The summed E-state index contributed by atoms with van der Waals surface area (Å²) in [6.07, 6.45) is 0. The van der Waals surface area contributed by atoms with Crippen LogP contribution in [-0.2, 0) is 10.6 Å². The van der Waals surface area contributed by atoms with Crippen LogP contribution in [-0.4, -0.2) is 5.11 Å². The van der Waals surface area contributed by atoms with Gasteiger partial charge in [0.05, 0.1) is 0 Å². The van der Waals surface area contributed by atoms with Crippen LogP contribution in [0.15, 0.2) is 35.7 Å². The minimum absolute atomic E-state index is 0.490. The first-order valence-corrected chi connectivity index (χ1v) is 3.45. The Morgan fingerprint density at radius 1 is 1.42 bits per heavy atom. The molecule has 0 saturated carbocycles. The molecular formula is C8H9NO3. The number of rotatable bonds is 3. The molecule has 0 bridgehead atoms. The summed E-state index contributed by atoms with van der Waals surface area (Å²) >= 11 is 0. The molecule has 0 amide bonds. The molecule has 1 aromatic carbocycles. The van der Waals surface area contributed by atoms with Gasteiger partial charge < -0.3 is 9.94 Å². The summed E-state index contributed by atoms with van der Waals surface area (Å²) in [4.78, 5) is 14.0.